The lowest BCUT2D eigenvalue weighted by Gasteiger charge is -2.33. The lowest BCUT2D eigenvalue weighted by Crippen LogP contribution is -2.43. The molecule has 2 aromatic rings. The Morgan fingerprint density at radius 2 is 2.17 bits per heavy atom. The summed E-state index contributed by atoms with van der Waals surface area (Å²) in [5.74, 6) is 0. The Morgan fingerprint density at radius 3 is 2.91 bits per heavy atom. The van der Waals surface area contributed by atoms with Gasteiger partial charge in [-0.25, -0.2) is 9.78 Å². The zero-order valence-electron chi connectivity index (χ0n) is 13.7. The first-order chi connectivity index (χ1) is 10.9. The molecule has 124 valence electrons. The lowest BCUT2D eigenvalue weighted by molar-refractivity contribution is 0.0220. The number of hydrogen-bond acceptors (Lipinski definition) is 5. The van der Waals surface area contributed by atoms with Crippen molar-refractivity contribution in [1.82, 2.24) is 9.88 Å². The molecule has 1 aliphatic rings. The normalized spacial score (nSPS) is 19.1. The molecule has 0 saturated carbocycles. The van der Waals surface area contributed by atoms with E-state index in [1.807, 2.05) is 45.0 Å². The molecule has 0 spiro atoms. The summed E-state index contributed by atoms with van der Waals surface area (Å²) in [7, 11) is 0. The van der Waals surface area contributed by atoms with Crippen LogP contribution in [0, 0.1) is 0 Å². The smallest absolute Gasteiger partial charge is 0.410 e. The number of para-hydroxylation sites is 2. The SMILES string of the molecule is CC(C)(C)OC(=O)N1CCCC(Sc2nc3ccccc3o2)C1. The highest BCUT2D eigenvalue weighted by molar-refractivity contribution is 7.99. The van der Waals surface area contributed by atoms with Crippen molar-refractivity contribution in [1.29, 1.82) is 0 Å². The van der Waals surface area contributed by atoms with Gasteiger partial charge in [-0.1, -0.05) is 23.9 Å². The van der Waals surface area contributed by atoms with E-state index >= 15 is 0 Å². The van der Waals surface area contributed by atoms with Gasteiger partial charge < -0.3 is 14.1 Å². The van der Waals surface area contributed by atoms with Crippen molar-refractivity contribution in [3.05, 3.63) is 24.3 Å². The van der Waals surface area contributed by atoms with Crippen molar-refractivity contribution < 1.29 is 13.9 Å². The predicted molar refractivity (Wildman–Crippen MR) is 90.7 cm³/mol. The third kappa shape index (κ3) is 4.19. The number of carbonyl (C=O) groups is 1. The minimum Gasteiger partial charge on any atom is -0.444 e. The van der Waals surface area contributed by atoms with Gasteiger partial charge in [-0.2, -0.15) is 0 Å². The fourth-order valence-electron chi connectivity index (χ4n) is 2.57. The number of likely N-dealkylation sites (tertiary alicyclic amines) is 1. The maximum atomic E-state index is 12.2. The number of oxazole rings is 1. The van der Waals surface area contributed by atoms with E-state index in [0.29, 0.717) is 11.8 Å². The quantitative estimate of drug-likeness (QED) is 0.818. The molecule has 1 aromatic heterocycles. The molecule has 1 unspecified atom stereocenters. The maximum absolute atomic E-state index is 12.2. The fourth-order valence-corrected chi connectivity index (χ4v) is 3.68. The summed E-state index contributed by atoms with van der Waals surface area (Å²) in [6, 6.07) is 7.74. The summed E-state index contributed by atoms with van der Waals surface area (Å²) in [6.45, 7) is 7.08. The van der Waals surface area contributed by atoms with E-state index in [1.54, 1.807) is 16.7 Å². The van der Waals surface area contributed by atoms with Crippen molar-refractivity contribution in [3.8, 4) is 0 Å². The predicted octanol–water partition coefficient (Wildman–Crippen LogP) is 4.32. The molecule has 0 aliphatic carbocycles. The van der Waals surface area contributed by atoms with E-state index in [0.717, 1.165) is 30.5 Å². The average Bonchev–Trinajstić information content (AvgIpc) is 2.88. The van der Waals surface area contributed by atoms with Crippen LogP contribution in [0.4, 0.5) is 4.79 Å². The third-order valence-electron chi connectivity index (χ3n) is 3.57. The molecule has 1 saturated heterocycles. The number of ether oxygens (including phenoxy) is 1. The minimum absolute atomic E-state index is 0.236. The van der Waals surface area contributed by atoms with Gasteiger partial charge in [0.25, 0.3) is 5.22 Å². The fraction of sp³-hybridized carbons (Fsp3) is 0.529. The van der Waals surface area contributed by atoms with E-state index < -0.39 is 5.60 Å². The van der Waals surface area contributed by atoms with Crippen LogP contribution in [0.25, 0.3) is 11.1 Å². The first-order valence-electron chi connectivity index (χ1n) is 7.91. The molecule has 3 rings (SSSR count). The van der Waals surface area contributed by atoms with Crippen molar-refractivity contribution in [3.63, 3.8) is 0 Å². The number of piperidine rings is 1. The van der Waals surface area contributed by atoms with Crippen molar-refractivity contribution in [2.24, 2.45) is 0 Å². The largest absolute Gasteiger partial charge is 0.444 e. The van der Waals surface area contributed by atoms with E-state index in [4.69, 9.17) is 9.15 Å². The number of benzene rings is 1. The molecule has 6 heteroatoms. The van der Waals surface area contributed by atoms with Crippen LogP contribution in [0.2, 0.25) is 0 Å². The van der Waals surface area contributed by atoms with Gasteiger partial charge in [0.2, 0.25) is 0 Å². The van der Waals surface area contributed by atoms with Gasteiger partial charge in [-0.05, 0) is 45.7 Å². The topological polar surface area (TPSA) is 55.6 Å². The van der Waals surface area contributed by atoms with E-state index in [2.05, 4.69) is 4.98 Å². The first kappa shape index (κ1) is 16.2. The van der Waals surface area contributed by atoms with Crippen LogP contribution in [0.3, 0.4) is 0 Å². The zero-order chi connectivity index (χ0) is 16.4. The summed E-state index contributed by atoms with van der Waals surface area (Å²) in [6.07, 6.45) is 1.78. The molecule has 1 aliphatic heterocycles. The van der Waals surface area contributed by atoms with Gasteiger partial charge >= 0.3 is 6.09 Å². The van der Waals surface area contributed by atoms with Gasteiger partial charge in [0.15, 0.2) is 5.58 Å². The van der Waals surface area contributed by atoms with Crippen molar-refractivity contribution in [2.75, 3.05) is 13.1 Å². The Morgan fingerprint density at radius 1 is 1.39 bits per heavy atom. The second-order valence-corrected chi connectivity index (χ2v) is 8.01. The van der Waals surface area contributed by atoms with E-state index in [-0.39, 0.29) is 11.3 Å². The first-order valence-corrected chi connectivity index (χ1v) is 8.79. The molecule has 0 N–H and O–H groups in total. The molecular weight excluding hydrogens is 312 g/mol. The third-order valence-corrected chi connectivity index (χ3v) is 4.67. The summed E-state index contributed by atoms with van der Waals surface area (Å²) < 4.78 is 11.2. The monoisotopic (exact) mass is 334 g/mol. The van der Waals surface area contributed by atoms with Crippen LogP contribution in [0.5, 0.6) is 0 Å². The van der Waals surface area contributed by atoms with Crippen LogP contribution in [-0.4, -0.2) is 39.9 Å². The van der Waals surface area contributed by atoms with Crippen molar-refractivity contribution in [2.45, 2.75) is 49.7 Å². The number of fused-ring (bicyclic) bond motifs is 1. The molecule has 0 bridgehead atoms. The average molecular weight is 334 g/mol. The highest BCUT2D eigenvalue weighted by Gasteiger charge is 2.29. The van der Waals surface area contributed by atoms with Gasteiger partial charge in [0.1, 0.15) is 11.1 Å². The molecule has 23 heavy (non-hydrogen) atoms. The second kappa shape index (κ2) is 6.43. The second-order valence-electron chi connectivity index (χ2n) is 6.76. The molecule has 2 heterocycles. The van der Waals surface area contributed by atoms with Crippen molar-refractivity contribution >= 4 is 29.0 Å². The van der Waals surface area contributed by atoms with Gasteiger partial charge in [0, 0.05) is 18.3 Å². The van der Waals surface area contributed by atoms with Gasteiger partial charge in [-0.3, -0.25) is 0 Å². The minimum atomic E-state index is -0.461. The number of aromatic nitrogens is 1. The van der Waals surface area contributed by atoms with E-state index in [1.165, 1.54) is 0 Å². The number of nitrogens with zero attached hydrogens (tertiary/aromatic N) is 2. The number of carbonyl (C=O) groups excluding carboxylic acids is 1. The summed E-state index contributed by atoms with van der Waals surface area (Å²) >= 11 is 1.60. The molecule has 5 nitrogen and oxygen atoms in total. The highest BCUT2D eigenvalue weighted by atomic mass is 32.2. The summed E-state index contributed by atoms with van der Waals surface area (Å²) in [5, 5.41) is 0.951. The zero-order valence-corrected chi connectivity index (χ0v) is 14.6. The lowest BCUT2D eigenvalue weighted by atomic mass is 10.1. The van der Waals surface area contributed by atoms with Crippen LogP contribution in [-0.2, 0) is 4.74 Å². The maximum Gasteiger partial charge on any atom is 0.410 e. The standard InChI is InChI=1S/C17H22N2O3S/c1-17(2,3)22-16(20)19-10-6-7-12(11-19)23-15-18-13-8-4-5-9-14(13)21-15/h4-5,8-9,12H,6-7,10-11H2,1-3H3. The van der Waals surface area contributed by atoms with Crippen LogP contribution in [0.15, 0.2) is 33.9 Å². The van der Waals surface area contributed by atoms with Crippen LogP contribution in [0.1, 0.15) is 33.6 Å². The molecule has 1 fully saturated rings. The Balaban J connectivity index is 1.63. The molecule has 0 radical (unpaired) electrons. The van der Waals surface area contributed by atoms with E-state index in [9.17, 15) is 4.79 Å². The number of hydrogen-bond donors (Lipinski definition) is 0. The Labute approximate surface area is 140 Å². The molecular formula is C17H22N2O3S. The van der Waals surface area contributed by atoms with Gasteiger partial charge in [-0.15, -0.1) is 0 Å². The molecule has 1 amide bonds. The Bertz CT molecular complexity index is 659. The van der Waals surface area contributed by atoms with Gasteiger partial charge in [0.05, 0.1) is 0 Å². The Hall–Kier alpha value is -1.69. The number of rotatable bonds is 2. The highest BCUT2D eigenvalue weighted by Crippen LogP contribution is 2.31. The molecule has 1 aromatic carbocycles. The van der Waals surface area contributed by atoms with Crippen LogP contribution >= 0.6 is 11.8 Å². The summed E-state index contributed by atoms with van der Waals surface area (Å²) in [5.41, 5.74) is 1.21. The molecule has 1 atom stereocenters. The Kier molecular flexibility index (Phi) is 4.53. The number of thioether (sulfide) groups is 1. The van der Waals surface area contributed by atoms with Crippen LogP contribution < -0.4 is 0 Å². The number of amides is 1. The summed E-state index contributed by atoms with van der Waals surface area (Å²) in [4.78, 5) is 18.5.